The maximum Gasteiger partial charge on any atom is 0.225 e. The third kappa shape index (κ3) is 3.80. The maximum atomic E-state index is 12.9. The highest BCUT2D eigenvalue weighted by atomic mass is 19.1. The summed E-state index contributed by atoms with van der Waals surface area (Å²) >= 11 is 0. The monoisotopic (exact) mass is 291 g/mol. The normalized spacial score (nSPS) is 21.0. The topological polar surface area (TPSA) is 44.4 Å². The Hall–Kier alpha value is -1.46. The van der Waals surface area contributed by atoms with Crippen LogP contribution >= 0.6 is 0 Å². The first-order chi connectivity index (χ1) is 10.2. The molecule has 0 unspecified atom stereocenters. The minimum Gasteiger partial charge on any atom is -0.353 e. The number of amides is 1. The largest absolute Gasteiger partial charge is 0.353 e. The van der Waals surface area contributed by atoms with Gasteiger partial charge in [-0.25, -0.2) is 4.39 Å². The molecular weight excluding hydrogens is 269 g/mol. The third-order valence-electron chi connectivity index (χ3n) is 4.41. The Morgan fingerprint density at radius 3 is 2.48 bits per heavy atom. The zero-order chi connectivity index (χ0) is 14.7. The van der Waals surface area contributed by atoms with Crippen molar-refractivity contribution in [1.82, 2.24) is 15.5 Å². The molecule has 0 atom stereocenters. The molecule has 0 aliphatic carbocycles. The van der Waals surface area contributed by atoms with E-state index in [0.29, 0.717) is 6.04 Å². The van der Waals surface area contributed by atoms with Gasteiger partial charge in [0.15, 0.2) is 0 Å². The summed E-state index contributed by atoms with van der Waals surface area (Å²) in [6.07, 6.45) is 1.99. The van der Waals surface area contributed by atoms with E-state index in [2.05, 4.69) is 15.5 Å². The molecule has 4 nitrogen and oxygen atoms in total. The lowest BCUT2D eigenvalue weighted by Crippen LogP contribution is -2.54. The molecule has 2 heterocycles. The van der Waals surface area contributed by atoms with E-state index in [1.165, 1.54) is 12.1 Å². The molecule has 2 aliphatic rings. The Morgan fingerprint density at radius 1 is 1.24 bits per heavy atom. The zero-order valence-electron chi connectivity index (χ0n) is 12.1. The predicted molar refractivity (Wildman–Crippen MR) is 79.2 cm³/mol. The Balaban J connectivity index is 1.42. The molecule has 0 spiro atoms. The Kier molecular flexibility index (Phi) is 4.51. The van der Waals surface area contributed by atoms with Crippen molar-refractivity contribution in [3.63, 3.8) is 0 Å². The highest BCUT2D eigenvalue weighted by Crippen LogP contribution is 2.15. The van der Waals surface area contributed by atoms with E-state index in [9.17, 15) is 9.18 Å². The Bertz CT molecular complexity index is 479. The molecule has 0 saturated carbocycles. The number of piperidine rings is 1. The van der Waals surface area contributed by atoms with Crippen LogP contribution in [0.1, 0.15) is 18.4 Å². The number of hydrogen-bond acceptors (Lipinski definition) is 3. The number of rotatable bonds is 4. The standard InChI is InChI=1S/C16H22FN3O/c17-14-3-1-12(2-4-14)11-20-7-5-15(6-8-20)19-16(21)13-9-18-10-13/h1-4,13,15,18H,5-11H2,(H,19,21). The van der Waals surface area contributed by atoms with Crippen LogP contribution in [0.2, 0.25) is 0 Å². The van der Waals surface area contributed by atoms with E-state index in [0.717, 1.165) is 51.1 Å². The maximum absolute atomic E-state index is 12.9. The summed E-state index contributed by atoms with van der Waals surface area (Å²) in [6, 6.07) is 7.01. The van der Waals surface area contributed by atoms with Crippen LogP contribution < -0.4 is 10.6 Å². The molecule has 0 bridgehead atoms. The van der Waals surface area contributed by atoms with Gasteiger partial charge in [0.2, 0.25) is 5.91 Å². The van der Waals surface area contributed by atoms with Gasteiger partial charge in [-0.2, -0.15) is 0 Å². The summed E-state index contributed by atoms with van der Waals surface area (Å²) < 4.78 is 12.9. The van der Waals surface area contributed by atoms with E-state index in [4.69, 9.17) is 0 Å². The fourth-order valence-electron chi connectivity index (χ4n) is 2.88. The van der Waals surface area contributed by atoms with Crippen molar-refractivity contribution in [3.05, 3.63) is 35.6 Å². The van der Waals surface area contributed by atoms with Crippen molar-refractivity contribution in [2.24, 2.45) is 5.92 Å². The molecule has 2 fully saturated rings. The van der Waals surface area contributed by atoms with Crippen LogP contribution in [0.5, 0.6) is 0 Å². The van der Waals surface area contributed by atoms with Gasteiger partial charge in [-0.15, -0.1) is 0 Å². The van der Waals surface area contributed by atoms with Crippen LogP contribution in [0.4, 0.5) is 4.39 Å². The summed E-state index contributed by atoms with van der Waals surface area (Å²) in [6.45, 7) is 4.44. The molecule has 0 radical (unpaired) electrons. The number of carbonyl (C=O) groups is 1. The van der Waals surface area contributed by atoms with Crippen molar-refractivity contribution in [2.45, 2.75) is 25.4 Å². The van der Waals surface area contributed by atoms with E-state index in [1.807, 2.05) is 12.1 Å². The number of carbonyl (C=O) groups excluding carboxylic acids is 1. The quantitative estimate of drug-likeness (QED) is 0.874. The van der Waals surface area contributed by atoms with Gasteiger partial charge in [-0.3, -0.25) is 9.69 Å². The van der Waals surface area contributed by atoms with Gasteiger partial charge in [-0.1, -0.05) is 12.1 Å². The Labute approximate surface area is 124 Å². The van der Waals surface area contributed by atoms with E-state index >= 15 is 0 Å². The van der Waals surface area contributed by atoms with Gasteiger partial charge < -0.3 is 10.6 Å². The summed E-state index contributed by atoms with van der Waals surface area (Å²) in [7, 11) is 0. The van der Waals surface area contributed by atoms with Gasteiger partial charge in [0.25, 0.3) is 0 Å². The van der Waals surface area contributed by atoms with E-state index in [1.54, 1.807) is 0 Å². The van der Waals surface area contributed by atoms with Crippen LogP contribution in [0, 0.1) is 11.7 Å². The highest BCUT2D eigenvalue weighted by Gasteiger charge is 2.28. The smallest absolute Gasteiger partial charge is 0.225 e. The second kappa shape index (κ2) is 6.54. The summed E-state index contributed by atoms with van der Waals surface area (Å²) in [5.74, 6) is 0.179. The second-order valence-electron chi connectivity index (χ2n) is 6.04. The van der Waals surface area contributed by atoms with Crippen LogP contribution in [-0.4, -0.2) is 43.0 Å². The predicted octanol–water partition coefficient (Wildman–Crippen LogP) is 1.13. The molecule has 5 heteroatoms. The third-order valence-corrected chi connectivity index (χ3v) is 4.41. The van der Waals surface area contributed by atoms with Crippen molar-refractivity contribution in [1.29, 1.82) is 0 Å². The second-order valence-corrected chi connectivity index (χ2v) is 6.04. The first-order valence-electron chi connectivity index (χ1n) is 7.68. The summed E-state index contributed by atoms with van der Waals surface area (Å²) in [5, 5.41) is 6.28. The van der Waals surface area contributed by atoms with Gasteiger partial charge in [0.05, 0.1) is 5.92 Å². The van der Waals surface area contributed by atoms with Gasteiger partial charge in [-0.05, 0) is 30.5 Å². The van der Waals surface area contributed by atoms with Crippen molar-refractivity contribution < 1.29 is 9.18 Å². The van der Waals surface area contributed by atoms with Crippen LogP contribution in [0.25, 0.3) is 0 Å². The first kappa shape index (κ1) is 14.5. The van der Waals surface area contributed by atoms with Crippen molar-refractivity contribution in [2.75, 3.05) is 26.2 Å². The lowest BCUT2D eigenvalue weighted by atomic mass is 9.99. The minimum atomic E-state index is -0.189. The molecule has 1 aromatic rings. The molecule has 1 aromatic carbocycles. The molecule has 2 saturated heterocycles. The molecule has 3 rings (SSSR count). The summed E-state index contributed by atoms with van der Waals surface area (Å²) in [5.41, 5.74) is 1.14. The van der Waals surface area contributed by atoms with E-state index < -0.39 is 0 Å². The molecule has 0 aromatic heterocycles. The number of hydrogen-bond donors (Lipinski definition) is 2. The van der Waals surface area contributed by atoms with Crippen LogP contribution in [-0.2, 0) is 11.3 Å². The lowest BCUT2D eigenvalue weighted by molar-refractivity contribution is -0.127. The van der Waals surface area contributed by atoms with Crippen LogP contribution in [0.3, 0.4) is 0 Å². The number of likely N-dealkylation sites (tertiary alicyclic amines) is 1. The number of nitrogens with one attached hydrogen (secondary N) is 2. The van der Waals surface area contributed by atoms with Gasteiger partial charge in [0.1, 0.15) is 5.82 Å². The molecule has 1 amide bonds. The van der Waals surface area contributed by atoms with Crippen LogP contribution in [0.15, 0.2) is 24.3 Å². The summed E-state index contributed by atoms with van der Waals surface area (Å²) in [4.78, 5) is 14.3. The zero-order valence-corrected chi connectivity index (χ0v) is 12.1. The average molecular weight is 291 g/mol. The van der Waals surface area contributed by atoms with E-state index in [-0.39, 0.29) is 17.6 Å². The molecule has 21 heavy (non-hydrogen) atoms. The fourth-order valence-corrected chi connectivity index (χ4v) is 2.88. The van der Waals surface area contributed by atoms with Gasteiger partial charge in [0, 0.05) is 38.8 Å². The number of halogens is 1. The number of benzene rings is 1. The first-order valence-corrected chi connectivity index (χ1v) is 7.68. The van der Waals surface area contributed by atoms with Gasteiger partial charge >= 0.3 is 0 Å². The highest BCUT2D eigenvalue weighted by molar-refractivity contribution is 5.80. The SMILES string of the molecule is O=C(NC1CCN(Cc2ccc(F)cc2)CC1)C1CNC1. The molecule has 2 N–H and O–H groups in total. The lowest BCUT2D eigenvalue weighted by Gasteiger charge is -2.34. The molecular formula is C16H22FN3O. The fraction of sp³-hybridized carbons (Fsp3) is 0.562. The average Bonchev–Trinajstić information content (AvgIpc) is 2.41. The molecule has 114 valence electrons. The molecule has 2 aliphatic heterocycles. The van der Waals surface area contributed by atoms with Crippen molar-refractivity contribution in [3.8, 4) is 0 Å². The van der Waals surface area contributed by atoms with Crippen molar-refractivity contribution >= 4 is 5.91 Å². The number of nitrogens with zero attached hydrogens (tertiary/aromatic N) is 1. The minimum absolute atomic E-state index is 0.169. The Morgan fingerprint density at radius 2 is 1.90 bits per heavy atom.